The van der Waals surface area contributed by atoms with Gasteiger partial charge in [-0.3, -0.25) is 9.78 Å². The van der Waals surface area contributed by atoms with Gasteiger partial charge < -0.3 is 4.74 Å². The molecule has 2 heterocycles. The molecule has 0 bridgehead atoms. The number of ketones is 1. The molecule has 1 aromatic heterocycles. The predicted molar refractivity (Wildman–Crippen MR) is 63.2 cm³/mol. The smallest absolute Gasteiger partial charge is 0.198 e. The summed E-state index contributed by atoms with van der Waals surface area (Å²) in [6.07, 6.45) is 1.68. The van der Waals surface area contributed by atoms with E-state index in [4.69, 9.17) is 4.74 Å². The second-order valence-corrected chi connectivity index (χ2v) is 4.12. The summed E-state index contributed by atoms with van der Waals surface area (Å²) in [5.41, 5.74) is 3.03. The number of pyridine rings is 1. The molecule has 2 aromatic rings. The standard InChI is InChI=1S/C14H11NO2/c1-9-4-5-11-13(7-9)17-8-12-10(14(11)16)3-2-6-15-12/h2-7H,8H2,1H3. The van der Waals surface area contributed by atoms with Gasteiger partial charge in [-0.2, -0.15) is 0 Å². The molecule has 0 unspecified atom stereocenters. The fourth-order valence-electron chi connectivity index (χ4n) is 1.99. The SMILES string of the molecule is Cc1ccc2c(c1)OCc1ncccc1C2=O. The van der Waals surface area contributed by atoms with Crippen LogP contribution in [0.5, 0.6) is 5.75 Å². The summed E-state index contributed by atoms with van der Waals surface area (Å²) >= 11 is 0. The molecule has 3 rings (SSSR count). The fraction of sp³-hybridized carbons (Fsp3) is 0.143. The van der Waals surface area contributed by atoms with Gasteiger partial charge in [0.05, 0.1) is 11.3 Å². The van der Waals surface area contributed by atoms with Crippen molar-refractivity contribution in [3.8, 4) is 5.75 Å². The molecule has 0 aliphatic carbocycles. The minimum atomic E-state index is -0.0133. The average molecular weight is 225 g/mol. The van der Waals surface area contributed by atoms with Gasteiger partial charge in [0.2, 0.25) is 0 Å². The first-order valence-electron chi connectivity index (χ1n) is 5.48. The van der Waals surface area contributed by atoms with Crippen molar-refractivity contribution in [2.45, 2.75) is 13.5 Å². The van der Waals surface area contributed by atoms with Crippen molar-refractivity contribution >= 4 is 5.78 Å². The average Bonchev–Trinajstić information content (AvgIpc) is 2.48. The van der Waals surface area contributed by atoms with Gasteiger partial charge in [-0.15, -0.1) is 0 Å². The lowest BCUT2D eigenvalue weighted by Gasteiger charge is -2.06. The molecule has 0 N–H and O–H groups in total. The van der Waals surface area contributed by atoms with Crippen molar-refractivity contribution in [2.75, 3.05) is 0 Å². The van der Waals surface area contributed by atoms with E-state index in [2.05, 4.69) is 4.98 Å². The molecule has 3 nitrogen and oxygen atoms in total. The Morgan fingerprint density at radius 3 is 3.00 bits per heavy atom. The molecule has 0 spiro atoms. The van der Waals surface area contributed by atoms with E-state index in [-0.39, 0.29) is 5.78 Å². The lowest BCUT2D eigenvalue weighted by molar-refractivity contribution is 0.103. The largest absolute Gasteiger partial charge is 0.486 e. The van der Waals surface area contributed by atoms with Crippen LogP contribution in [0.1, 0.15) is 27.2 Å². The van der Waals surface area contributed by atoms with Crippen molar-refractivity contribution in [3.05, 3.63) is 58.9 Å². The van der Waals surface area contributed by atoms with Crippen LogP contribution in [-0.2, 0) is 6.61 Å². The maximum absolute atomic E-state index is 12.3. The predicted octanol–water partition coefficient (Wildman–Crippen LogP) is 2.51. The van der Waals surface area contributed by atoms with Crippen LogP contribution in [0.25, 0.3) is 0 Å². The summed E-state index contributed by atoms with van der Waals surface area (Å²) in [6, 6.07) is 9.19. The molecule has 0 amide bonds. The Bertz CT molecular complexity index is 605. The van der Waals surface area contributed by atoms with Crippen LogP contribution in [0.2, 0.25) is 0 Å². The van der Waals surface area contributed by atoms with Gasteiger partial charge in [0.25, 0.3) is 0 Å². The number of hydrogen-bond donors (Lipinski definition) is 0. The highest BCUT2D eigenvalue weighted by Crippen LogP contribution is 2.28. The highest BCUT2D eigenvalue weighted by molar-refractivity contribution is 6.11. The monoisotopic (exact) mass is 225 g/mol. The van der Waals surface area contributed by atoms with Crippen LogP contribution in [-0.4, -0.2) is 10.8 Å². The number of rotatable bonds is 0. The number of benzene rings is 1. The van der Waals surface area contributed by atoms with E-state index in [1.165, 1.54) is 0 Å². The number of hydrogen-bond acceptors (Lipinski definition) is 3. The van der Waals surface area contributed by atoms with Crippen LogP contribution >= 0.6 is 0 Å². The summed E-state index contributed by atoms with van der Waals surface area (Å²) in [4.78, 5) is 16.5. The third-order valence-corrected chi connectivity index (χ3v) is 2.88. The number of carbonyl (C=O) groups is 1. The molecule has 84 valence electrons. The highest BCUT2D eigenvalue weighted by atomic mass is 16.5. The van der Waals surface area contributed by atoms with E-state index < -0.39 is 0 Å². The van der Waals surface area contributed by atoms with Crippen molar-refractivity contribution < 1.29 is 9.53 Å². The van der Waals surface area contributed by atoms with E-state index in [9.17, 15) is 4.79 Å². The van der Waals surface area contributed by atoms with E-state index >= 15 is 0 Å². The Morgan fingerprint density at radius 2 is 2.12 bits per heavy atom. The quantitative estimate of drug-likeness (QED) is 0.691. The van der Waals surface area contributed by atoms with Gasteiger partial charge in [0.1, 0.15) is 12.4 Å². The van der Waals surface area contributed by atoms with E-state index in [0.29, 0.717) is 29.2 Å². The van der Waals surface area contributed by atoms with E-state index in [1.807, 2.05) is 25.1 Å². The lowest BCUT2D eigenvalue weighted by atomic mass is 10.0. The number of fused-ring (bicyclic) bond motifs is 2. The topological polar surface area (TPSA) is 39.2 Å². The molecule has 0 saturated heterocycles. The lowest BCUT2D eigenvalue weighted by Crippen LogP contribution is -2.04. The van der Waals surface area contributed by atoms with Crippen LogP contribution in [0.4, 0.5) is 0 Å². The molecule has 0 radical (unpaired) electrons. The van der Waals surface area contributed by atoms with E-state index in [1.54, 1.807) is 18.3 Å². The Labute approximate surface area is 99.1 Å². The number of aromatic nitrogens is 1. The van der Waals surface area contributed by atoms with Gasteiger partial charge in [-0.25, -0.2) is 0 Å². The molecule has 17 heavy (non-hydrogen) atoms. The Balaban J connectivity index is 2.20. The molecular weight excluding hydrogens is 214 g/mol. The van der Waals surface area contributed by atoms with Crippen LogP contribution in [0.3, 0.4) is 0 Å². The van der Waals surface area contributed by atoms with Crippen molar-refractivity contribution in [3.63, 3.8) is 0 Å². The van der Waals surface area contributed by atoms with Gasteiger partial charge in [-0.05, 0) is 36.8 Å². The second-order valence-electron chi connectivity index (χ2n) is 4.12. The summed E-state index contributed by atoms with van der Waals surface area (Å²) < 4.78 is 5.64. The Hall–Kier alpha value is -2.16. The first kappa shape index (κ1) is 10.0. The summed E-state index contributed by atoms with van der Waals surface area (Å²) in [5, 5.41) is 0. The van der Waals surface area contributed by atoms with E-state index in [0.717, 1.165) is 5.56 Å². The summed E-state index contributed by atoms with van der Waals surface area (Å²) in [5.74, 6) is 0.633. The van der Waals surface area contributed by atoms with Gasteiger partial charge in [0, 0.05) is 11.8 Å². The zero-order valence-corrected chi connectivity index (χ0v) is 9.43. The zero-order valence-electron chi connectivity index (χ0n) is 9.43. The number of ether oxygens (including phenoxy) is 1. The Morgan fingerprint density at radius 1 is 1.24 bits per heavy atom. The van der Waals surface area contributed by atoms with Gasteiger partial charge in [0.15, 0.2) is 5.78 Å². The van der Waals surface area contributed by atoms with Crippen molar-refractivity contribution in [1.82, 2.24) is 4.98 Å². The van der Waals surface area contributed by atoms with Gasteiger partial charge >= 0.3 is 0 Å². The molecular formula is C14H11NO2. The second kappa shape index (κ2) is 3.70. The Kier molecular flexibility index (Phi) is 2.18. The minimum absolute atomic E-state index is 0.0133. The van der Waals surface area contributed by atoms with Crippen LogP contribution in [0.15, 0.2) is 36.5 Å². The van der Waals surface area contributed by atoms with Gasteiger partial charge in [-0.1, -0.05) is 6.07 Å². The molecule has 3 heteroatoms. The normalized spacial score (nSPS) is 13.4. The number of aryl methyl sites for hydroxylation is 1. The first-order chi connectivity index (χ1) is 8.25. The fourth-order valence-corrected chi connectivity index (χ4v) is 1.99. The summed E-state index contributed by atoms with van der Waals surface area (Å²) in [7, 11) is 0. The highest BCUT2D eigenvalue weighted by Gasteiger charge is 2.22. The maximum Gasteiger partial charge on any atom is 0.198 e. The van der Waals surface area contributed by atoms with Crippen molar-refractivity contribution in [2.24, 2.45) is 0 Å². The van der Waals surface area contributed by atoms with Crippen LogP contribution in [0, 0.1) is 6.92 Å². The number of nitrogens with zero attached hydrogens (tertiary/aromatic N) is 1. The molecule has 1 aliphatic rings. The molecule has 0 saturated carbocycles. The van der Waals surface area contributed by atoms with Crippen molar-refractivity contribution in [1.29, 1.82) is 0 Å². The molecule has 0 fully saturated rings. The maximum atomic E-state index is 12.3. The zero-order chi connectivity index (χ0) is 11.8. The molecule has 1 aromatic carbocycles. The van der Waals surface area contributed by atoms with Crippen LogP contribution < -0.4 is 4.74 Å². The summed E-state index contributed by atoms with van der Waals surface area (Å²) in [6.45, 7) is 2.32. The third kappa shape index (κ3) is 1.60. The molecule has 0 atom stereocenters. The minimum Gasteiger partial charge on any atom is -0.486 e. The number of carbonyl (C=O) groups excluding carboxylic acids is 1. The third-order valence-electron chi connectivity index (χ3n) is 2.88. The molecule has 1 aliphatic heterocycles. The first-order valence-corrected chi connectivity index (χ1v) is 5.48.